The van der Waals surface area contributed by atoms with Gasteiger partial charge in [-0.15, -0.1) is 0 Å². The van der Waals surface area contributed by atoms with Gasteiger partial charge in [0.1, 0.15) is 0 Å². The Morgan fingerprint density at radius 3 is 2.67 bits per heavy atom. The highest BCUT2D eigenvalue weighted by Gasteiger charge is 2.14. The molecule has 98 valence electrons. The highest BCUT2D eigenvalue weighted by molar-refractivity contribution is 6.05. The minimum atomic E-state index is -0.413. The van der Waals surface area contributed by atoms with Crippen LogP contribution in [-0.4, -0.2) is 41.9 Å². The van der Waals surface area contributed by atoms with E-state index in [0.717, 1.165) is 0 Å². The van der Waals surface area contributed by atoms with Gasteiger partial charge in [-0.1, -0.05) is 0 Å². The predicted molar refractivity (Wildman–Crippen MR) is 68.5 cm³/mol. The number of carbonyl (C=O) groups excluding carboxylic acids is 2. The molecule has 0 saturated heterocycles. The second kappa shape index (κ2) is 6.05. The predicted octanol–water partition coefficient (Wildman–Crippen LogP) is 1.46. The average molecular weight is 250 g/mol. The lowest BCUT2D eigenvalue weighted by Crippen LogP contribution is -2.05. The summed E-state index contributed by atoms with van der Waals surface area (Å²) in [5.74, 6) is -0.564. The van der Waals surface area contributed by atoms with Crippen molar-refractivity contribution >= 4 is 11.8 Å². The van der Waals surface area contributed by atoms with Gasteiger partial charge in [-0.05, 0) is 13.0 Å². The van der Waals surface area contributed by atoms with Crippen LogP contribution < -0.4 is 0 Å². The fourth-order valence-corrected chi connectivity index (χ4v) is 1.44. The van der Waals surface area contributed by atoms with Gasteiger partial charge in [-0.3, -0.25) is 4.79 Å². The van der Waals surface area contributed by atoms with E-state index in [0.29, 0.717) is 17.9 Å². The van der Waals surface area contributed by atoms with Crippen LogP contribution in [0.15, 0.2) is 24.5 Å². The number of rotatable bonds is 5. The molecular weight excluding hydrogens is 232 g/mol. The minimum absolute atomic E-state index is 0.151. The van der Waals surface area contributed by atoms with Crippen molar-refractivity contribution in [2.75, 3.05) is 20.7 Å². The molecule has 0 bridgehead atoms. The first kappa shape index (κ1) is 14.0. The van der Waals surface area contributed by atoms with Gasteiger partial charge in [0, 0.05) is 39.6 Å². The maximum atomic E-state index is 11.9. The summed E-state index contributed by atoms with van der Waals surface area (Å²) in [6.07, 6.45) is 4.72. The standard InChI is InChI=1S/C13H18N2O3/c1-5-18-13(17)10-8-11(15(4)9-10)12(16)6-7-14(2)3/h6-9H,5H2,1-4H3. The zero-order chi connectivity index (χ0) is 13.7. The summed E-state index contributed by atoms with van der Waals surface area (Å²) in [7, 11) is 5.39. The summed E-state index contributed by atoms with van der Waals surface area (Å²) < 4.78 is 6.50. The van der Waals surface area contributed by atoms with E-state index in [-0.39, 0.29) is 5.78 Å². The number of hydrogen-bond donors (Lipinski definition) is 0. The van der Waals surface area contributed by atoms with Crippen molar-refractivity contribution in [3.8, 4) is 0 Å². The molecular formula is C13H18N2O3. The number of carbonyl (C=O) groups is 2. The third-order valence-electron chi connectivity index (χ3n) is 2.29. The monoisotopic (exact) mass is 250 g/mol. The number of ether oxygens (including phenoxy) is 1. The lowest BCUT2D eigenvalue weighted by atomic mass is 10.2. The van der Waals surface area contributed by atoms with Crippen molar-refractivity contribution in [3.63, 3.8) is 0 Å². The highest BCUT2D eigenvalue weighted by atomic mass is 16.5. The van der Waals surface area contributed by atoms with Crippen molar-refractivity contribution in [1.29, 1.82) is 0 Å². The first-order valence-electron chi connectivity index (χ1n) is 5.68. The van der Waals surface area contributed by atoms with E-state index in [9.17, 15) is 9.59 Å². The molecule has 0 N–H and O–H groups in total. The lowest BCUT2D eigenvalue weighted by Gasteiger charge is -2.03. The molecule has 0 saturated carbocycles. The smallest absolute Gasteiger partial charge is 0.339 e. The number of aromatic nitrogens is 1. The van der Waals surface area contributed by atoms with E-state index in [2.05, 4.69) is 0 Å². The van der Waals surface area contributed by atoms with Crippen molar-refractivity contribution in [1.82, 2.24) is 9.47 Å². The molecule has 5 heteroatoms. The van der Waals surface area contributed by atoms with Gasteiger partial charge >= 0.3 is 5.97 Å². The Labute approximate surface area is 107 Å². The molecule has 0 spiro atoms. The number of ketones is 1. The Morgan fingerprint density at radius 1 is 1.44 bits per heavy atom. The number of esters is 1. The van der Waals surface area contributed by atoms with E-state index in [1.165, 1.54) is 6.08 Å². The van der Waals surface area contributed by atoms with Crippen LogP contribution in [0.25, 0.3) is 0 Å². The molecule has 0 unspecified atom stereocenters. The Kier molecular flexibility index (Phi) is 4.71. The molecule has 1 aromatic heterocycles. The molecule has 18 heavy (non-hydrogen) atoms. The Balaban J connectivity index is 2.91. The van der Waals surface area contributed by atoms with Crippen LogP contribution in [0.1, 0.15) is 27.8 Å². The van der Waals surface area contributed by atoms with Gasteiger partial charge in [0.05, 0.1) is 17.9 Å². The molecule has 0 aliphatic heterocycles. The fraction of sp³-hybridized carbons (Fsp3) is 0.385. The summed E-state index contributed by atoms with van der Waals surface area (Å²) in [5, 5.41) is 0. The summed E-state index contributed by atoms with van der Waals surface area (Å²) in [6, 6.07) is 1.54. The topological polar surface area (TPSA) is 51.5 Å². The van der Waals surface area contributed by atoms with Crippen molar-refractivity contribution < 1.29 is 14.3 Å². The number of hydrogen-bond acceptors (Lipinski definition) is 4. The highest BCUT2D eigenvalue weighted by Crippen LogP contribution is 2.10. The maximum absolute atomic E-state index is 11.9. The molecule has 0 aliphatic rings. The lowest BCUT2D eigenvalue weighted by molar-refractivity contribution is 0.0526. The zero-order valence-electron chi connectivity index (χ0n) is 11.1. The van der Waals surface area contributed by atoms with Crippen LogP contribution >= 0.6 is 0 Å². The van der Waals surface area contributed by atoms with Crippen LogP contribution in [0.5, 0.6) is 0 Å². The summed E-state index contributed by atoms with van der Waals surface area (Å²) in [4.78, 5) is 25.2. The van der Waals surface area contributed by atoms with Crippen LogP contribution in [0.3, 0.4) is 0 Å². The third kappa shape index (κ3) is 3.48. The second-order valence-electron chi connectivity index (χ2n) is 4.09. The molecule has 5 nitrogen and oxygen atoms in total. The molecule has 0 atom stereocenters. The number of nitrogens with zero attached hydrogens (tertiary/aromatic N) is 2. The first-order valence-corrected chi connectivity index (χ1v) is 5.68. The first-order chi connectivity index (χ1) is 8.45. The zero-order valence-corrected chi connectivity index (χ0v) is 11.1. The number of allylic oxidation sites excluding steroid dienone is 1. The van der Waals surface area contributed by atoms with E-state index in [1.54, 1.807) is 41.9 Å². The molecule has 0 aromatic carbocycles. The summed E-state index contributed by atoms with van der Waals surface area (Å²) >= 11 is 0. The van der Waals surface area contributed by atoms with Gasteiger partial charge < -0.3 is 14.2 Å². The summed E-state index contributed by atoms with van der Waals surface area (Å²) in [6.45, 7) is 2.06. The summed E-state index contributed by atoms with van der Waals surface area (Å²) in [5.41, 5.74) is 0.845. The maximum Gasteiger partial charge on any atom is 0.339 e. The van der Waals surface area contributed by atoms with Crippen molar-refractivity contribution in [3.05, 3.63) is 35.8 Å². The Morgan fingerprint density at radius 2 is 2.11 bits per heavy atom. The van der Waals surface area contributed by atoms with Gasteiger partial charge in [0.2, 0.25) is 5.78 Å². The van der Waals surface area contributed by atoms with Crippen molar-refractivity contribution in [2.24, 2.45) is 7.05 Å². The fourth-order valence-electron chi connectivity index (χ4n) is 1.44. The van der Waals surface area contributed by atoms with Gasteiger partial charge in [-0.25, -0.2) is 4.79 Å². The van der Waals surface area contributed by atoms with E-state index >= 15 is 0 Å². The molecule has 0 radical (unpaired) electrons. The van der Waals surface area contributed by atoms with Gasteiger partial charge in [0.25, 0.3) is 0 Å². The third-order valence-corrected chi connectivity index (χ3v) is 2.29. The van der Waals surface area contributed by atoms with Crippen LogP contribution in [-0.2, 0) is 11.8 Å². The molecule has 0 aliphatic carbocycles. The van der Waals surface area contributed by atoms with Crippen LogP contribution in [0.4, 0.5) is 0 Å². The van der Waals surface area contributed by atoms with E-state index in [1.807, 2.05) is 14.1 Å². The average Bonchev–Trinajstić information content (AvgIpc) is 2.68. The quantitative estimate of drug-likeness (QED) is 0.451. The van der Waals surface area contributed by atoms with Gasteiger partial charge in [-0.2, -0.15) is 0 Å². The van der Waals surface area contributed by atoms with Gasteiger partial charge in [0.15, 0.2) is 0 Å². The van der Waals surface area contributed by atoms with E-state index < -0.39 is 5.97 Å². The van der Waals surface area contributed by atoms with Crippen LogP contribution in [0.2, 0.25) is 0 Å². The molecule has 0 fully saturated rings. The SMILES string of the molecule is CCOC(=O)c1cc(C(=O)C=CN(C)C)n(C)c1. The molecule has 1 rings (SSSR count). The Bertz CT molecular complexity index is 473. The van der Waals surface area contributed by atoms with Crippen molar-refractivity contribution in [2.45, 2.75) is 6.92 Å². The minimum Gasteiger partial charge on any atom is -0.462 e. The largest absolute Gasteiger partial charge is 0.462 e. The molecule has 0 amide bonds. The normalized spacial score (nSPS) is 10.7. The second-order valence-corrected chi connectivity index (χ2v) is 4.09. The van der Waals surface area contributed by atoms with E-state index in [4.69, 9.17) is 4.74 Å². The van der Waals surface area contributed by atoms with Crippen LogP contribution in [0, 0.1) is 0 Å². The Hall–Kier alpha value is -2.04. The molecule has 1 aromatic rings. The number of aryl methyl sites for hydroxylation is 1. The molecule has 1 heterocycles.